The van der Waals surface area contributed by atoms with E-state index in [1.165, 1.54) is 19.3 Å². The molecule has 5 heteroatoms. The number of nitrogens with zero attached hydrogens (tertiary/aromatic N) is 1. The van der Waals surface area contributed by atoms with E-state index in [0.29, 0.717) is 30.0 Å². The van der Waals surface area contributed by atoms with Gasteiger partial charge in [-0.05, 0) is 54.5 Å². The molecule has 1 saturated carbocycles. The summed E-state index contributed by atoms with van der Waals surface area (Å²) in [5.74, 6) is 1.07. The van der Waals surface area contributed by atoms with Gasteiger partial charge >= 0.3 is 0 Å². The van der Waals surface area contributed by atoms with Crippen molar-refractivity contribution in [3.05, 3.63) is 64.2 Å². The van der Waals surface area contributed by atoms with Gasteiger partial charge in [-0.15, -0.1) is 0 Å². The fraction of sp³-hybridized carbons (Fsp3) is 0.480. The Morgan fingerprint density at radius 3 is 2.43 bits per heavy atom. The van der Waals surface area contributed by atoms with Crippen LogP contribution in [0.5, 0.6) is 5.75 Å². The molecule has 4 nitrogen and oxygen atoms in total. The van der Waals surface area contributed by atoms with E-state index >= 15 is 0 Å². The fourth-order valence-electron chi connectivity index (χ4n) is 4.66. The quantitative estimate of drug-likeness (QED) is 0.665. The molecule has 1 aliphatic heterocycles. The molecular weight excluding hydrogens is 398 g/mol. The predicted octanol–water partition coefficient (Wildman–Crippen LogP) is 5.14. The van der Waals surface area contributed by atoms with Gasteiger partial charge in [-0.3, -0.25) is 4.79 Å². The van der Waals surface area contributed by atoms with Crippen LogP contribution in [0.3, 0.4) is 0 Å². The molecule has 160 valence electrons. The van der Waals surface area contributed by atoms with Crippen molar-refractivity contribution in [2.75, 3.05) is 6.54 Å². The molecule has 0 spiro atoms. The van der Waals surface area contributed by atoms with Crippen LogP contribution >= 0.6 is 11.6 Å². The average molecular weight is 428 g/mol. The monoisotopic (exact) mass is 427 g/mol. The first kappa shape index (κ1) is 21.2. The maximum atomic E-state index is 12.9. The Balaban J connectivity index is 1.33. The Labute approximate surface area is 183 Å². The van der Waals surface area contributed by atoms with Gasteiger partial charge in [0.2, 0.25) is 5.91 Å². The van der Waals surface area contributed by atoms with Crippen molar-refractivity contribution >= 4 is 17.5 Å². The van der Waals surface area contributed by atoms with E-state index in [1.54, 1.807) is 0 Å². The lowest BCUT2D eigenvalue weighted by molar-refractivity contribution is -0.133. The van der Waals surface area contributed by atoms with Crippen LogP contribution in [0.4, 0.5) is 0 Å². The molecule has 30 heavy (non-hydrogen) atoms. The third kappa shape index (κ3) is 4.98. The maximum Gasteiger partial charge on any atom is 0.226 e. The Bertz CT molecular complexity index is 861. The number of hydrogen-bond donors (Lipinski definition) is 1. The summed E-state index contributed by atoms with van der Waals surface area (Å²) < 4.78 is 5.87. The molecule has 1 heterocycles. The second kappa shape index (κ2) is 9.84. The van der Waals surface area contributed by atoms with Crippen LogP contribution in [0.15, 0.2) is 42.5 Å². The topological polar surface area (TPSA) is 49.8 Å². The van der Waals surface area contributed by atoms with Gasteiger partial charge in [0.1, 0.15) is 12.4 Å². The fourth-order valence-corrected chi connectivity index (χ4v) is 4.91. The summed E-state index contributed by atoms with van der Waals surface area (Å²) in [6, 6.07) is 13.9. The van der Waals surface area contributed by atoms with Crippen LogP contribution in [-0.4, -0.2) is 28.5 Å². The van der Waals surface area contributed by atoms with E-state index in [2.05, 4.69) is 4.90 Å². The molecule has 2 aromatic rings. The molecule has 1 aliphatic carbocycles. The zero-order chi connectivity index (χ0) is 20.9. The van der Waals surface area contributed by atoms with Gasteiger partial charge in [-0.2, -0.15) is 0 Å². The molecule has 1 unspecified atom stereocenters. The van der Waals surface area contributed by atoms with E-state index in [1.807, 2.05) is 42.5 Å². The first-order chi connectivity index (χ1) is 14.6. The largest absolute Gasteiger partial charge is 0.489 e. The van der Waals surface area contributed by atoms with Crippen LogP contribution in [0, 0.1) is 5.92 Å². The Kier molecular flexibility index (Phi) is 6.96. The van der Waals surface area contributed by atoms with Crippen molar-refractivity contribution in [3.8, 4) is 5.75 Å². The zero-order valence-electron chi connectivity index (χ0n) is 17.4. The summed E-state index contributed by atoms with van der Waals surface area (Å²) >= 11 is 6.53. The van der Waals surface area contributed by atoms with Crippen LogP contribution in [0.1, 0.15) is 55.2 Å². The van der Waals surface area contributed by atoms with Crippen LogP contribution in [-0.2, 0) is 24.4 Å². The number of benzene rings is 2. The number of halogens is 1. The van der Waals surface area contributed by atoms with E-state index in [9.17, 15) is 4.79 Å². The molecular formula is C25H30ClNO3. The van der Waals surface area contributed by atoms with Crippen molar-refractivity contribution in [2.45, 2.75) is 64.2 Å². The second-order valence-electron chi connectivity index (χ2n) is 8.53. The van der Waals surface area contributed by atoms with Crippen molar-refractivity contribution in [1.29, 1.82) is 0 Å². The first-order valence-corrected chi connectivity index (χ1v) is 11.4. The molecule has 1 saturated heterocycles. The van der Waals surface area contributed by atoms with Gasteiger partial charge < -0.3 is 14.7 Å². The molecule has 0 aromatic heterocycles. The highest BCUT2D eigenvalue weighted by Crippen LogP contribution is 2.32. The van der Waals surface area contributed by atoms with E-state index < -0.39 is 0 Å². The summed E-state index contributed by atoms with van der Waals surface area (Å²) in [4.78, 5) is 15.1. The number of carbonyl (C=O) groups is 1. The number of carbonyl (C=O) groups excluding carboxylic acids is 1. The number of amides is 1. The number of likely N-dealkylation sites (tertiary alicyclic amines) is 1. The molecule has 2 aliphatic rings. The number of ether oxygens (including phenoxy) is 1. The normalized spacial score (nSPS) is 20.0. The lowest BCUT2D eigenvalue weighted by Crippen LogP contribution is -2.39. The van der Waals surface area contributed by atoms with E-state index in [0.717, 1.165) is 48.2 Å². The highest BCUT2D eigenvalue weighted by molar-refractivity contribution is 6.31. The van der Waals surface area contributed by atoms with Gasteiger partial charge in [0, 0.05) is 23.5 Å². The second-order valence-corrected chi connectivity index (χ2v) is 8.94. The SMILES string of the molecule is O=C1C(Cc2ccc(OCc3ccc(CO)cc3)cc2Cl)CCN1C1CCCCC1. The molecule has 1 atom stereocenters. The standard InChI is InChI=1S/C25H30ClNO3/c26-24-15-23(30-17-19-8-6-18(16-28)7-9-19)11-10-20(24)14-21-12-13-27(25(21)29)22-4-2-1-3-5-22/h6-11,15,21-22,28H,1-5,12-14,16-17H2. The van der Waals surface area contributed by atoms with Crippen LogP contribution in [0.2, 0.25) is 5.02 Å². The first-order valence-electron chi connectivity index (χ1n) is 11.0. The highest BCUT2D eigenvalue weighted by atomic mass is 35.5. The molecule has 0 radical (unpaired) electrons. The average Bonchev–Trinajstić information content (AvgIpc) is 3.15. The molecule has 0 bridgehead atoms. The number of hydrogen-bond acceptors (Lipinski definition) is 3. The zero-order valence-corrected chi connectivity index (χ0v) is 18.1. The summed E-state index contributed by atoms with van der Waals surface area (Å²) in [5, 5.41) is 9.78. The molecule has 1 N–H and O–H groups in total. The smallest absolute Gasteiger partial charge is 0.226 e. The molecule has 2 fully saturated rings. The minimum absolute atomic E-state index is 0.0418. The third-order valence-corrected chi connectivity index (χ3v) is 6.82. The van der Waals surface area contributed by atoms with Gasteiger partial charge in [0.15, 0.2) is 0 Å². The van der Waals surface area contributed by atoms with E-state index in [4.69, 9.17) is 21.4 Å². The number of rotatable bonds is 7. The van der Waals surface area contributed by atoms with Crippen molar-refractivity contribution in [2.24, 2.45) is 5.92 Å². The summed E-state index contributed by atoms with van der Waals surface area (Å²) in [6.45, 7) is 1.38. The predicted molar refractivity (Wildman–Crippen MR) is 119 cm³/mol. The van der Waals surface area contributed by atoms with Gasteiger partial charge in [-0.25, -0.2) is 0 Å². The van der Waals surface area contributed by atoms with Gasteiger partial charge in [-0.1, -0.05) is 61.2 Å². The molecule has 2 aromatic carbocycles. The maximum absolute atomic E-state index is 12.9. The lowest BCUT2D eigenvalue weighted by atomic mass is 9.94. The number of aliphatic hydroxyl groups is 1. The van der Waals surface area contributed by atoms with Crippen LogP contribution in [0.25, 0.3) is 0 Å². The van der Waals surface area contributed by atoms with Crippen LogP contribution < -0.4 is 4.74 Å². The van der Waals surface area contributed by atoms with Gasteiger partial charge in [0.05, 0.1) is 6.61 Å². The lowest BCUT2D eigenvalue weighted by Gasteiger charge is -2.31. The molecule has 1 amide bonds. The Hall–Kier alpha value is -2.04. The Morgan fingerprint density at radius 1 is 1.00 bits per heavy atom. The number of aliphatic hydroxyl groups excluding tert-OH is 1. The summed E-state index contributed by atoms with van der Waals surface area (Å²) in [5.41, 5.74) is 2.93. The highest BCUT2D eigenvalue weighted by Gasteiger charge is 2.36. The third-order valence-electron chi connectivity index (χ3n) is 6.47. The minimum atomic E-state index is 0.0418. The van der Waals surface area contributed by atoms with Crippen molar-refractivity contribution in [1.82, 2.24) is 4.90 Å². The van der Waals surface area contributed by atoms with Crippen molar-refractivity contribution < 1.29 is 14.6 Å². The van der Waals surface area contributed by atoms with Gasteiger partial charge in [0.25, 0.3) is 0 Å². The van der Waals surface area contributed by atoms with E-state index in [-0.39, 0.29) is 12.5 Å². The summed E-state index contributed by atoms with van der Waals surface area (Å²) in [7, 11) is 0. The summed E-state index contributed by atoms with van der Waals surface area (Å²) in [6.07, 6.45) is 7.75. The minimum Gasteiger partial charge on any atom is -0.489 e. The Morgan fingerprint density at radius 2 is 1.73 bits per heavy atom. The molecule has 4 rings (SSSR count). The van der Waals surface area contributed by atoms with Crippen molar-refractivity contribution in [3.63, 3.8) is 0 Å².